The van der Waals surface area contributed by atoms with E-state index in [0.29, 0.717) is 18.6 Å². The van der Waals surface area contributed by atoms with Crippen LogP contribution >= 0.6 is 18.5 Å². The summed E-state index contributed by atoms with van der Waals surface area (Å²) in [4.78, 5) is 18.5. The van der Waals surface area contributed by atoms with Gasteiger partial charge in [0, 0.05) is 30.5 Å². The number of thiazole rings is 1. The molecule has 1 N–H and O–H groups in total. The fraction of sp³-hybridized carbons (Fsp3) is 0.750. The van der Waals surface area contributed by atoms with Gasteiger partial charge in [0.05, 0.1) is 24.4 Å². The largest absolute Gasteiger partial charge is 0.335 e. The molecule has 1 heterocycles. The van der Waals surface area contributed by atoms with Crippen molar-refractivity contribution in [2.24, 2.45) is 5.92 Å². The van der Waals surface area contributed by atoms with E-state index >= 15 is 0 Å². The predicted octanol–water partition coefficient (Wildman–Crippen LogP) is 4.06. The molecule has 0 aromatic carbocycles. The minimum atomic E-state index is -2.08. The van der Waals surface area contributed by atoms with E-state index in [9.17, 15) is 9.36 Å². The van der Waals surface area contributed by atoms with E-state index in [1.54, 1.807) is 36.6 Å². The van der Waals surface area contributed by atoms with Crippen molar-refractivity contribution in [2.45, 2.75) is 46.2 Å². The van der Waals surface area contributed by atoms with Crippen LogP contribution in [-0.2, 0) is 11.1 Å². The number of nitrogens with one attached hydrogen (secondary N) is 1. The Balaban J connectivity index is 2.54. The van der Waals surface area contributed by atoms with Gasteiger partial charge in [-0.1, -0.05) is 20.8 Å². The van der Waals surface area contributed by atoms with Crippen molar-refractivity contribution in [2.75, 3.05) is 26.5 Å². The normalized spacial score (nSPS) is 14.6. The Morgan fingerprint density at radius 1 is 1.35 bits per heavy atom. The van der Waals surface area contributed by atoms with Crippen LogP contribution in [0.25, 0.3) is 0 Å². The zero-order valence-electron chi connectivity index (χ0n) is 15.3. The Kier molecular flexibility index (Phi) is 7.28. The van der Waals surface area contributed by atoms with Gasteiger partial charge in [-0.3, -0.25) is 0 Å². The van der Waals surface area contributed by atoms with E-state index < -0.39 is 7.14 Å². The first kappa shape index (κ1) is 20.2. The summed E-state index contributed by atoms with van der Waals surface area (Å²) in [6.07, 6.45) is 0.641. The fourth-order valence-electron chi connectivity index (χ4n) is 2.27. The number of carbonyl (C=O) groups is 1. The molecule has 0 radical (unpaired) electrons. The summed E-state index contributed by atoms with van der Waals surface area (Å²) in [6, 6.07) is -0.134. The van der Waals surface area contributed by atoms with Crippen LogP contribution in [0.1, 0.15) is 44.3 Å². The van der Waals surface area contributed by atoms with Crippen molar-refractivity contribution >= 4 is 24.5 Å². The van der Waals surface area contributed by atoms with Crippen molar-refractivity contribution in [3.8, 4) is 0 Å². The quantitative estimate of drug-likeness (QED) is 0.747. The van der Waals surface area contributed by atoms with E-state index in [0.717, 1.165) is 10.7 Å². The third-order valence-electron chi connectivity index (χ3n) is 3.74. The van der Waals surface area contributed by atoms with Crippen LogP contribution in [0.15, 0.2) is 5.38 Å². The second kappa shape index (κ2) is 8.29. The van der Waals surface area contributed by atoms with Gasteiger partial charge >= 0.3 is 6.03 Å². The topological polar surface area (TPSA) is 62.3 Å². The molecule has 1 aromatic rings. The van der Waals surface area contributed by atoms with Crippen LogP contribution in [0.2, 0.25) is 0 Å². The molecule has 132 valence electrons. The first-order chi connectivity index (χ1) is 10.5. The van der Waals surface area contributed by atoms with Crippen molar-refractivity contribution in [1.29, 1.82) is 0 Å². The van der Waals surface area contributed by atoms with Gasteiger partial charge in [0.25, 0.3) is 0 Å². The zero-order chi connectivity index (χ0) is 17.8. The summed E-state index contributed by atoms with van der Waals surface area (Å²) in [7, 11) is -0.308. The van der Waals surface area contributed by atoms with Crippen molar-refractivity contribution < 1.29 is 9.36 Å². The molecule has 0 spiro atoms. The molecular formula is C16H30N3O2PS. The van der Waals surface area contributed by atoms with Gasteiger partial charge in [-0.2, -0.15) is 0 Å². The number of urea groups is 1. The number of amides is 2. The molecule has 0 saturated heterocycles. The molecular weight excluding hydrogens is 329 g/mol. The van der Waals surface area contributed by atoms with Gasteiger partial charge < -0.3 is 14.8 Å². The molecule has 1 unspecified atom stereocenters. The minimum absolute atomic E-state index is 0.0140. The van der Waals surface area contributed by atoms with Gasteiger partial charge in [0.2, 0.25) is 0 Å². The standard InChI is InChI=1S/C16H30N3O2PS/c1-11(2)15-18-14(10-23-15)8-19(5)16(20)17-13(4)12(3)9-22(6,7)21/h10-13H,8-9H2,1-7H3,(H,17,20)/t12?,13-/m1/s1. The average Bonchev–Trinajstić information content (AvgIpc) is 2.85. The molecule has 2 atom stereocenters. The maximum Gasteiger partial charge on any atom is 0.317 e. The van der Waals surface area contributed by atoms with Gasteiger partial charge in [0.1, 0.15) is 0 Å². The van der Waals surface area contributed by atoms with Gasteiger partial charge in [0.15, 0.2) is 0 Å². The molecule has 0 aliphatic heterocycles. The second-order valence-electron chi connectivity index (χ2n) is 7.16. The van der Waals surface area contributed by atoms with Crippen molar-refractivity contribution in [1.82, 2.24) is 15.2 Å². The molecule has 0 aliphatic carbocycles. The van der Waals surface area contributed by atoms with E-state index in [1.165, 1.54) is 0 Å². The molecule has 0 fully saturated rings. The lowest BCUT2D eigenvalue weighted by Gasteiger charge is -2.25. The Labute approximate surface area is 144 Å². The fourth-order valence-corrected chi connectivity index (χ4v) is 4.80. The average molecular weight is 359 g/mol. The lowest BCUT2D eigenvalue weighted by atomic mass is 10.1. The number of nitrogens with zero attached hydrogens (tertiary/aromatic N) is 2. The number of rotatable bonds is 7. The molecule has 23 heavy (non-hydrogen) atoms. The van der Waals surface area contributed by atoms with Crippen molar-refractivity contribution in [3.05, 3.63) is 16.1 Å². The monoisotopic (exact) mass is 359 g/mol. The van der Waals surface area contributed by atoms with E-state index in [2.05, 4.69) is 24.1 Å². The molecule has 1 rings (SSSR count). The van der Waals surface area contributed by atoms with E-state index in [-0.39, 0.29) is 18.0 Å². The second-order valence-corrected chi connectivity index (χ2v) is 11.6. The number of carbonyl (C=O) groups excluding carboxylic acids is 1. The zero-order valence-corrected chi connectivity index (χ0v) is 17.0. The summed E-state index contributed by atoms with van der Waals surface area (Å²) in [5.41, 5.74) is 0.920. The Morgan fingerprint density at radius 2 is 1.96 bits per heavy atom. The third-order valence-corrected chi connectivity index (χ3v) is 6.39. The molecule has 7 heteroatoms. The lowest BCUT2D eigenvalue weighted by molar-refractivity contribution is 0.199. The highest BCUT2D eigenvalue weighted by atomic mass is 32.1. The molecule has 0 saturated carbocycles. The Morgan fingerprint density at radius 3 is 2.43 bits per heavy atom. The van der Waals surface area contributed by atoms with Crippen LogP contribution in [0, 0.1) is 5.92 Å². The summed E-state index contributed by atoms with van der Waals surface area (Å²) >= 11 is 1.64. The molecule has 5 nitrogen and oxygen atoms in total. The molecule has 2 amide bonds. The SMILES string of the molecule is CC(C)c1nc(CN(C)C(=O)N[C@H](C)C(C)CP(C)(C)=O)cs1. The summed E-state index contributed by atoms with van der Waals surface area (Å²) in [6.45, 7) is 12.3. The van der Waals surface area contributed by atoms with E-state index in [4.69, 9.17) is 0 Å². The highest BCUT2D eigenvalue weighted by Crippen LogP contribution is 2.38. The van der Waals surface area contributed by atoms with Gasteiger partial charge in [-0.15, -0.1) is 11.3 Å². The first-order valence-electron chi connectivity index (χ1n) is 7.99. The van der Waals surface area contributed by atoms with Gasteiger partial charge in [-0.25, -0.2) is 9.78 Å². The van der Waals surface area contributed by atoms with Crippen LogP contribution in [0.3, 0.4) is 0 Å². The van der Waals surface area contributed by atoms with Crippen LogP contribution in [0.5, 0.6) is 0 Å². The highest BCUT2D eigenvalue weighted by molar-refractivity contribution is 7.62. The number of aromatic nitrogens is 1. The summed E-state index contributed by atoms with van der Waals surface area (Å²) in [5, 5.41) is 6.10. The van der Waals surface area contributed by atoms with Gasteiger partial charge in [-0.05, 0) is 26.2 Å². The van der Waals surface area contributed by atoms with Crippen molar-refractivity contribution in [3.63, 3.8) is 0 Å². The Bertz CT molecular complexity index is 567. The summed E-state index contributed by atoms with van der Waals surface area (Å²) in [5.74, 6) is 0.590. The number of hydrogen-bond acceptors (Lipinski definition) is 4. The van der Waals surface area contributed by atoms with Crippen LogP contribution in [0.4, 0.5) is 4.79 Å². The smallest absolute Gasteiger partial charge is 0.317 e. The van der Waals surface area contributed by atoms with Crippen LogP contribution in [-0.4, -0.2) is 48.5 Å². The molecule has 0 bridgehead atoms. The maximum atomic E-state index is 12.3. The lowest BCUT2D eigenvalue weighted by Crippen LogP contribution is -2.44. The number of hydrogen-bond donors (Lipinski definition) is 1. The Hall–Kier alpha value is -0.870. The minimum Gasteiger partial charge on any atom is -0.335 e. The third kappa shape index (κ3) is 7.05. The molecule has 1 aromatic heterocycles. The highest BCUT2D eigenvalue weighted by Gasteiger charge is 2.22. The first-order valence-corrected chi connectivity index (χ1v) is 11.7. The maximum absolute atomic E-state index is 12.3. The molecule has 0 aliphatic rings. The van der Waals surface area contributed by atoms with Crippen LogP contribution < -0.4 is 5.32 Å². The van der Waals surface area contributed by atoms with E-state index in [1.807, 2.05) is 19.2 Å². The summed E-state index contributed by atoms with van der Waals surface area (Å²) < 4.78 is 11.9. The predicted molar refractivity (Wildman–Crippen MR) is 99.1 cm³/mol.